The number of halogens is 1. The van der Waals surface area contributed by atoms with Gasteiger partial charge in [-0.1, -0.05) is 13.0 Å². The van der Waals surface area contributed by atoms with Crippen molar-refractivity contribution < 1.29 is 18.7 Å². The Bertz CT molecular complexity index is 1110. The standard InChI is InChI=1S/C23H25FN4O3/c1-3-21(29)27-17-5-6-18(12-17)28(2)23(30)31-22-19(24)11-16(13-26-22)14-4-7-20-15(10-14)8-9-25-20/h4,7-11,13,17-18,25H,3,5-6,12H2,1-2H3,(H,27,29)/t17-,18+/m0/s1. The Morgan fingerprint density at radius 2 is 2.10 bits per heavy atom. The van der Waals surface area contributed by atoms with Crippen molar-refractivity contribution >= 4 is 22.9 Å². The Kier molecular flexibility index (Phi) is 5.88. The summed E-state index contributed by atoms with van der Waals surface area (Å²) in [5.74, 6) is -1.05. The largest absolute Gasteiger partial charge is 0.416 e. The molecule has 0 aliphatic heterocycles. The number of nitrogens with one attached hydrogen (secondary N) is 2. The number of rotatable bonds is 5. The maximum absolute atomic E-state index is 14.6. The molecule has 2 amide bonds. The van der Waals surface area contributed by atoms with Gasteiger partial charge in [-0.2, -0.15) is 0 Å². The van der Waals surface area contributed by atoms with Crippen LogP contribution in [0.5, 0.6) is 5.88 Å². The molecule has 0 saturated heterocycles. The van der Waals surface area contributed by atoms with Crippen molar-refractivity contribution in [2.24, 2.45) is 0 Å². The maximum Gasteiger partial charge on any atom is 0.416 e. The van der Waals surface area contributed by atoms with E-state index in [0.29, 0.717) is 18.4 Å². The molecule has 3 aromatic rings. The van der Waals surface area contributed by atoms with E-state index in [-0.39, 0.29) is 23.9 Å². The molecule has 4 rings (SSSR count). The number of carbonyl (C=O) groups is 2. The molecule has 0 bridgehead atoms. The van der Waals surface area contributed by atoms with Crippen molar-refractivity contribution in [3.8, 4) is 17.0 Å². The number of benzene rings is 1. The molecule has 162 valence electrons. The third-order valence-corrected chi connectivity index (χ3v) is 5.80. The van der Waals surface area contributed by atoms with Gasteiger partial charge in [0.1, 0.15) is 0 Å². The molecule has 1 aromatic carbocycles. The second-order valence-electron chi connectivity index (χ2n) is 7.85. The van der Waals surface area contributed by atoms with Crippen LogP contribution in [0, 0.1) is 5.82 Å². The van der Waals surface area contributed by atoms with Crippen LogP contribution in [-0.2, 0) is 4.79 Å². The van der Waals surface area contributed by atoms with Crippen molar-refractivity contribution in [2.45, 2.75) is 44.7 Å². The van der Waals surface area contributed by atoms with Gasteiger partial charge in [0.15, 0.2) is 5.82 Å². The number of carbonyl (C=O) groups excluding carboxylic acids is 2. The summed E-state index contributed by atoms with van der Waals surface area (Å²) in [6.07, 6.45) is 5.28. The SMILES string of the molecule is CCC(=O)N[C@H]1CC[C@@H](N(C)C(=O)Oc2ncc(-c3ccc4[nH]ccc4c3)cc2F)C1. The van der Waals surface area contributed by atoms with E-state index >= 15 is 0 Å². The van der Waals surface area contributed by atoms with Crippen molar-refractivity contribution in [1.82, 2.24) is 20.2 Å². The number of fused-ring (bicyclic) bond motifs is 1. The maximum atomic E-state index is 14.6. The van der Waals surface area contributed by atoms with Crippen molar-refractivity contribution in [1.29, 1.82) is 0 Å². The summed E-state index contributed by atoms with van der Waals surface area (Å²) in [6, 6.07) is 8.95. The molecule has 2 heterocycles. The lowest BCUT2D eigenvalue weighted by Gasteiger charge is -2.23. The van der Waals surface area contributed by atoms with Crippen molar-refractivity contribution in [2.75, 3.05) is 7.05 Å². The highest BCUT2D eigenvalue weighted by atomic mass is 19.1. The highest BCUT2D eigenvalue weighted by Crippen LogP contribution is 2.28. The Morgan fingerprint density at radius 1 is 1.26 bits per heavy atom. The molecule has 2 N–H and O–H groups in total. The number of aromatic amines is 1. The molecule has 1 saturated carbocycles. The van der Waals surface area contributed by atoms with E-state index in [1.807, 2.05) is 30.5 Å². The topological polar surface area (TPSA) is 87.3 Å². The molecule has 2 aromatic heterocycles. The molecular formula is C23H25FN4O3. The van der Waals surface area contributed by atoms with Gasteiger partial charge in [0.25, 0.3) is 5.88 Å². The van der Waals surface area contributed by atoms with Gasteiger partial charge in [-0.05, 0) is 54.5 Å². The molecule has 8 heteroatoms. The first-order chi connectivity index (χ1) is 14.9. The summed E-state index contributed by atoms with van der Waals surface area (Å²) >= 11 is 0. The Morgan fingerprint density at radius 3 is 2.87 bits per heavy atom. The summed E-state index contributed by atoms with van der Waals surface area (Å²) in [5.41, 5.74) is 2.41. The second kappa shape index (κ2) is 8.75. The van der Waals surface area contributed by atoms with E-state index in [4.69, 9.17) is 4.74 Å². The summed E-state index contributed by atoms with van der Waals surface area (Å²) in [7, 11) is 1.62. The van der Waals surface area contributed by atoms with Gasteiger partial charge >= 0.3 is 6.09 Å². The predicted octanol–water partition coefficient (Wildman–Crippen LogP) is 4.25. The van der Waals surface area contributed by atoms with Gasteiger partial charge in [0.2, 0.25) is 5.91 Å². The third kappa shape index (κ3) is 4.52. The van der Waals surface area contributed by atoms with Crippen LogP contribution in [0.3, 0.4) is 0 Å². The number of hydrogen-bond acceptors (Lipinski definition) is 4. The number of H-pyrrole nitrogens is 1. The Balaban J connectivity index is 1.41. The minimum atomic E-state index is -0.701. The molecule has 31 heavy (non-hydrogen) atoms. The van der Waals surface area contributed by atoms with Gasteiger partial charge in [-0.15, -0.1) is 0 Å². The quantitative estimate of drug-likeness (QED) is 0.641. The van der Waals surface area contributed by atoms with Crippen LogP contribution >= 0.6 is 0 Å². The fourth-order valence-corrected chi connectivity index (χ4v) is 3.97. The zero-order chi connectivity index (χ0) is 22.0. The number of amides is 2. The molecular weight excluding hydrogens is 399 g/mol. The number of ether oxygens (including phenoxy) is 1. The highest BCUT2D eigenvalue weighted by Gasteiger charge is 2.31. The van der Waals surface area contributed by atoms with Crippen LogP contribution in [-0.4, -0.2) is 46.0 Å². The third-order valence-electron chi connectivity index (χ3n) is 5.80. The van der Waals surface area contributed by atoms with Gasteiger partial charge in [-0.3, -0.25) is 4.79 Å². The van der Waals surface area contributed by atoms with Crippen LogP contribution in [0.15, 0.2) is 42.7 Å². The monoisotopic (exact) mass is 424 g/mol. The lowest BCUT2D eigenvalue weighted by Crippen LogP contribution is -2.39. The average molecular weight is 424 g/mol. The van der Waals surface area contributed by atoms with Crippen LogP contribution < -0.4 is 10.1 Å². The second-order valence-corrected chi connectivity index (χ2v) is 7.85. The van der Waals surface area contributed by atoms with E-state index in [1.54, 1.807) is 14.0 Å². The van der Waals surface area contributed by atoms with Crippen molar-refractivity contribution in [3.05, 3.63) is 48.5 Å². The lowest BCUT2D eigenvalue weighted by atomic mass is 10.1. The van der Waals surface area contributed by atoms with E-state index in [0.717, 1.165) is 29.3 Å². The number of aromatic nitrogens is 2. The van der Waals surface area contributed by atoms with E-state index in [2.05, 4.69) is 15.3 Å². The normalized spacial score (nSPS) is 18.2. The van der Waals surface area contributed by atoms with E-state index in [1.165, 1.54) is 17.2 Å². The molecule has 1 fully saturated rings. The molecule has 0 unspecified atom stereocenters. The first kappa shape index (κ1) is 20.8. The number of nitrogens with zero attached hydrogens (tertiary/aromatic N) is 2. The van der Waals surface area contributed by atoms with Gasteiger partial charge < -0.3 is 19.9 Å². The van der Waals surface area contributed by atoms with Crippen LogP contribution in [0.2, 0.25) is 0 Å². The van der Waals surface area contributed by atoms with Gasteiger partial charge in [0, 0.05) is 49.0 Å². The molecule has 2 atom stereocenters. The number of hydrogen-bond donors (Lipinski definition) is 2. The highest BCUT2D eigenvalue weighted by molar-refractivity contribution is 5.85. The molecule has 1 aliphatic carbocycles. The summed E-state index contributed by atoms with van der Waals surface area (Å²) in [4.78, 5) is 32.7. The van der Waals surface area contributed by atoms with Gasteiger partial charge in [0.05, 0.1) is 0 Å². The molecule has 1 aliphatic rings. The molecule has 0 spiro atoms. The lowest BCUT2D eigenvalue weighted by molar-refractivity contribution is -0.121. The molecule has 7 nitrogen and oxygen atoms in total. The number of pyridine rings is 1. The summed E-state index contributed by atoms with van der Waals surface area (Å²) in [6.45, 7) is 1.80. The Hall–Kier alpha value is -3.42. The first-order valence-corrected chi connectivity index (χ1v) is 10.4. The van der Waals surface area contributed by atoms with Crippen LogP contribution in [0.4, 0.5) is 9.18 Å². The smallest absolute Gasteiger partial charge is 0.388 e. The van der Waals surface area contributed by atoms with Crippen LogP contribution in [0.25, 0.3) is 22.0 Å². The zero-order valence-electron chi connectivity index (χ0n) is 17.5. The first-order valence-electron chi connectivity index (χ1n) is 10.4. The van der Waals surface area contributed by atoms with Gasteiger partial charge in [-0.25, -0.2) is 14.2 Å². The minimum Gasteiger partial charge on any atom is -0.388 e. The minimum absolute atomic E-state index is 0.00195. The summed E-state index contributed by atoms with van der Waals surface area (Å²) in [5, 5.41) is 3.96. The predicted molar refractivity (Wildman–Crippen MR) is 115 cm³/mol. The molecule has 0 radical (unpaired) electrons. The zero-order valence-corrected chi connectivity index (χ0v) is 17.5. The average Bonchev–Trinajstić information content (AvgIpc) is 3.43. The Labute approximate surface area is 179 Å². The van der Waals surface area contributed by atoms with Crippen LogP contribution in [0.1, 0.15) is 32.6 Å². The summed E-state index contributed by atoms with van der Waals surface area (Å²) < 4.78 is 19.8. The van der Waals surface area contributed by atoms with Crippen molar-refractivity contribution in [3.63, 3.8) is 0 Å². The van der Waals surface area contributed by atoms with E-state index in [9.17, 15) is 14.0 Å². The fourth-order valence-electron chi connectivity index (χ4n) is 3.97. The van der Waals surface area contributed by atoms with E-state index < -0.39 is 11.9 Å². The fraction of sp³-hybridized carbons (Fsp3) is 0.348.